The van der Waals surface area contributed by atoms with Gasteiger partial charge in [0.05, 0.1) is 22.3 Å². The Balaban J connectivity index is 1.64. The number of hydrogen-bond donors (Lipinski definition) is 1. The van der Waals surface area contributed by atoms with Crippen LogP contribution < -0.4 is 10.1 Å². The molecule has 4 rings (SSSR count). The van der Waals surface area contributed by atoms with Gasteiger partial charge in [-0.3, -0.25) is 0 Å². The maximum Gasteiger partial charge on any atom is 0.188 e. The van der Waals surface area contributed by atoms with Crippen molar-refractivity contribution < 1.29 is 4.74 Å². The van der Waals surface area contributed by atoms with E-state index in [0.717, 1.165) is 27.0 Å². The van der Waals surface area contributed by atoms with E-state index >= 15 is 0 Å². The number of fused-ring (bicyclic) bond motifs is 1. The fourth-order valence-corrected chi connectivity index (χ4v) is 5.18. The SMILES string of the molecule is COc1ccccc1-c1ccc(Nc2nc3c(I)cccc3s2)s1. The smallest absolute Gasteiger partial charge is 0.188 e. The number of ether oxygens (including phenoxy) is 1. The van der Waals surface area contributed by atoms with Gasteiger partial charge in [-0.1, -0.05) is 29.5 Å². The lowest BCUT2D eigenvalue weighted by Crippen LogP contribution is -1.85. The van der Waals surface area contributed by atoms with E-state index in [4.69, 9.17) is 9.72 Å². The predicted molar refractivity (Wildman–Crippen MR) is 112 cm³/mol. The standard InChI is InChI=1S/C18H13IN2OS2/c1-22-13-7-3-2-5-11(13)14-9-10-16(23-14)20-18-21-17-12(19)6-4-8-15(17)24-18/h2-10H,1H3,(H,20,21). The second-order valence-corrected chi connectivity index (χ2v) is 8.37. The number of rotatable bonds is 4. The minimum Gasteiger partial charge on any atom is -0.496 e. The minimum absolute atomic E-state index is 0.889. The lowest BCUT2D eigenvalue weighted by Gasteiger charge is -2.05. The number of methoxy groups -OCH3 is 1. The van der Waals surface area contributed by atoms with Crippen LogP contribution in [0, 0.1) is 3.57 Å². The topological polar surface area (TPSA) is 34.1 Å². The van der Waals surface area contributed by atoms with Gasteiger partial charge in [-0.2, -0.15) is 0 Å². The first-order chi connectivity index (χ1) is 11.7. The molecule has 0 bridgehead atoms. The number of nitrogens with zero attached hydrogens (tertiary/aromatic N) is 1. The Kier molecular flexibility index (Phi) is 4.43. The number of hydrogen-bond acceptors (Lipinski definition) is 5. The van der Waals surface area contributed by atoms with Crippen LogP contribution in [0.3, 0.4) is 0 Å². The molecule has 120 valence electrons. The summed E-state index contributed by atoms with van der Waals surface area (Å²) in [4.78, 5) is 5.88. The van der Waals surface area contributed by atoms with Crippen LogP contribution in [0.4, 0.5) is 10.1 Å². The number of anilines is 2. The van der Waals surface area contributed by atoms with Crippen LogP contribution in [0.25, 0.3) is 20.7 Å². The molecule has 0 aliphatic carbocycles. The molecule has 0 amide bonds. The van der Waals surface area contributed by atoms with E-state index in [1.54, 1.807) is 29.8 Å². The Labute approximate surface area is 161 Å². The minimum atomic E-state index is 0.889. The van der Waals surface area contributed by atoms with Gasteiger partial charge >= 0.3 is 0 Å². The van der Waals surface area contributed by atoms with Crippen molar-refractivity contribution in [2.45, 2.75) is 0 Å². The van der Waals surface area contributed by atoms with Crippen molar-refractivity contribution in [1.82, 2.24) is 4.98 Å². The Morgan fingerprint density at radius 2 is 1.88 bits per heavy atom. The average molecular weight is 464 g/mol. The van der Waals surface area contributed by atoms with Gasteiger partial charge in [-0.05, 0) is 59.0 Å². The molecule has 0 saturated heterocycles. The van der Waals surface area contributed by atoms with E-state index in [1.165, 1.54) is 13.1 Å². The molecule has 6 heteroatoms. The van der Waals surface area contributed by atoms with Crippen molar-refractivity contribution in [3.05, 3.63) is 58.2 Å². The van der Waals surface area contributed by atoms with Gasteiger partial charge in [0.15, 0.2) is 5.13 Å². The molecule has 0 aliphatic rings. The van der Waals surface area contributed by atoms with E-state index in [9.17, 15) is 0 Å². The lowest BCUT2D eigenvalue weighted by atomic mass is 10.1. The van der Waals surface area contributed by atoms with E-state index in [0.29, 0.717) is 0 Å². The van der Waals surface area contributed by atoms with Crippen molar-refractivity contribution >= 4 is 65.6 Å². The Morgan fingerprint density at radius 1 is 1.00 bits per heavy atom. The molecule has 0 spiro atoms. The molecule has 3 nitrogen and oxygen atoms in total. The Bertz CT molecular complexity index is 1010. The number of thiazole rings is 1. The molecule has 0 unspecified atom stereocenters. The second-order valence-electron chi connectivity index (χ2n) is 5.09. The van der Waals surface area contributed by atoms with Crippen LogP contribution in [0.2, 0.25) is 0 Å². The number of thiophene rings is 1. The summed E-state index contributed by atoms with van der Waals surface area (Å²) in [5, 5.41) is 5.42. The molecule has 24 heavy (non-hydrogen) atoms. The molecular weight excluding hydrogens is 451 g/mol. The highest BCUT2D eigenvalue weighted by Gasteiger charge is 2.10. The van der Waals surface area contributed by atoms with Crippen LogP contribution in [0.1, 0.15) is 0 Å². The van der Waals surface area contributed by atoms with Crippen LogP contribution in [-0.2, 0) is 0 Å². The van der Waals surface area contributed by atoms with Gasteiger partial charge in [0.1, 0.15) is 5.75 Å². The lowest BCUT2D eigenvalue weighted by molar-refractivity contribution is 0.416. The maximum atomic E-state index is 5.46. The van der Waals surface area contributed by atoms with Crippen molar-refractivity contribution in [2.75, 3.05) is 12.4 Å². The van der Waals surface area contributed by atoms with Crippen molar-refractivity contribution in [2.24, 2.45) is 0 Å². The molecule has 4 aromatic rings. The highest BCUT2D eigenvalue weighted by molar-refractivity contribution is 14.1. The van der Waals surface area contributed by atoms with Gasteiger partial charge in [0, 0.05) is 14.0 Å². The first-order valence-corrected chi connectivity index (χ1v) is 10.0. The molecule has 0 aliphatic heterocycles. The van der Waals surface area contributed by atoms with E-state index in [-0.39, 0.29) is 0 Å². The number of para-hydroxylation sites is 2. The third-order valence-corrected chi connectivity index (χ3v) is 6.42. The first kappa shape index (κ1) is 15.9. The van der Waals surface area contributed by atoms with Crippen LogP contribution in [-0.4, -0.2) is 12.1 Å². The van der Waals surface area contributed by atoms with Gasteiger partial charge in [-0.15, -0.1) is 11.3 Å². The zero-order valence-corrected chi connectivity index (χ0v) is 16.5. The van der Waals surface area contributed by atoms with Gasteiger partial charge < -0.3 is 10.1 Å². The molecule has 0 saturated carbocycles. The number of halogens is 1. The zero-order chi connectivity index (χ0) is 16.5. The summed E-state index contributed by atoms with van der Waals surface area (Å²) in [6.07, 6.45) is 0. The number of benzene rings is 2. The normalized spacial score (nSPS) is 10.9. The van der Waals surface area contributed by atoms with E-state index < -0.39 is 0 Å². The molecule has 1 N–H and O–H groups in total. The monoisotopic (exact) mass is 464 g/mol. The molecular formula is C18H13IN2OS2. The van der Waals surface area contributed by atoms with Crippen LogP contribution >= 0.6 is 45.3 Å². The molecule has 2 aromatic carbocycles. The van der Waals surface area contributed by atoms with Crippen molar-refractivity contribution in [3.63, 3.8) is 0 Å². The average Bonchev–Trinajstić information content (AvgIpc) is 3.22. The van der Waals surface area contributed by atoms with Gasteiger partial charge in [0.25, 0.3) is 0 Å². The highest BCUT2D eigenvalue weighted by Crippen LogP contribution is 2.39. The summed E-state index contributed by atoms with van der Waals surface area (Å²) in [6, 6.07) is 18.5. The van der Waals surface area contributed by atoms with Crippen molar-refractivity contribution in [3.8, 4) is 16.2 Å². The largest absolute Gasteiger partial charge is 0.496 e. The summed E-state index contributed by atoms with van der Waals surface area (Å²) in [7, 11) is 1.70. The van der Waals surface area contributed by atoms with E-state index in [1.807, 2.05) is 18.2 Å². The quantitative estimate of drug-likeness (QED) is 0.356. The van der Waals surface area contributed by atoms with Crippen LogP contribution in [0.5, 0.6) is 5.75 Å². The summed E-state index contributed by atoms with van der Waals surface area (Å²) >= 11 is 5.70. The van der Waals surface area contributed by atoms with Gasteiger partial charge in [-0.25, -0.2) is 4.98 Å². The molecule has 2 aromatic heterocycles. The Morgan fingerprint density at radius 3 is 2.71 bits per heavy atom. The fourth-order valence-electron chi connectivity index (χ4n) is 2.47. The molecule has 0 radical (unpaired) electrons. The molecule has 0 fully saturated rings. The maximum absolute atomic E-state index is 5.46. The fraction of sp³-hybridized carbons (Fsp3) is 0.0556. The second kappa shape index (κ2) is 6.70. The van der Waals surface area contributed by atoms with Gasteiger partial charge in [0.2, 0.25) is 0 Å². The number of nitrogens with one attached hydrogen (secondary N) is 1. The highest BCUT2D eigenvalue weighted by atomic mass is 127. The van der Waals surface area contributed by atoms with Crippen LogP contribution in [0.15, 0.2) is 54.6 Å². The first-order valence-electron chi connectivity index (χ1n) is 7.30. The summed E-state index contributed by atoms with van der Waals surface area (Å²) < 4.78 is 7.83. The summed E-state index contributed by atoms with van der Waals surface area (Å²) in [6.45, 7) is 0. The van der Waals surface area contributed by atoms with E-state index in [2.05, 4.69) is 64.3 Å². The Hall–Kier alpha value is -1.64. The molecule has 2 heterocycles. The van der Waals surface area contributed by atoms with Crippen molar-refractivity contribution in [1.29, 1.82) is 0 Å². The summed E-state index contributed by atoms with van der Waals surface area (Å²) in [5.41, 5.74) is 2.17. The predicted octanol–water partition coefficient (Wildman–Crippen LogP) is 6.38. The third-order valence-electron chi connectivity index (χ3n) is 3.58. The third kappa shape index (κ3) is 3.01. The molecule has 0 atom stereocenters. The summed E-state index contributed by atoms with van der Waals surface area (Å²) in [5.74, 6) is 0.889. The zero-order valence-electron chi connectivity index (χ0n) is 12.7. The number of aromatic nitrogens is 1.